The summed E-state index contributed by atoms with van der Waals surface area (Å²) in [4.78, 5) is 3.56. The van der Waals surface area contributed by atoms with E-state index in [2.05, 4.69) is 11.7 Å². The van der Waals surface area contributed by atoms with E-state index >= 15 is 0 Å². The van der Waals surface area contributed by atoms with Crippen LogP contribution in [0.15, 0.2) is 28.7 Å². The van der Waals surface area contributed by atoms with Gasteiger partial charge in [-0.25, -0.2) is 4.39 Å². The average Bonchev–Trinajstić information content (AvgIpc) is 1.83. The smallest absolute Gasteiger partial charge is 0.0969 e. The van der Waals surface area contributed by atoms with Crippen molar-refractivity contribution in [3.63, 3.8) is 0 Å². The highest BCUT2D eigenvalue weighted by Crippen LogP contribution is 1.97. The maximum atomic E-state index is 12.0. The highest BCUT2D eigenvalue weighted by atomic mass is 19.1. The van der Waals surface area contributed by atoms with E-state index in [4.69, 9.17) is 0 Å². The third-order valence-corrected chi connectivity index (χ3v) is 0.804. The van der Waals surface area contributed by atoms with Gasteiger partial charge >= 0.3 is 0 Å². The van der Waals surface area contributed by atoms with Gasteiger partial charge in [0.15, 0.2) is 0 Å². The number of nitrogens with zero attached hydrogens (tertiary/aromatic N) is 1. The second kappa shape index (κ2) is 4.01. The molecule has 0 atom stereocenters. The number of aliphatic imine (C=N–C) groups is 1. The molecule has 9 heavy (non-hydrogen) atoms. The van der Waals surface area contributed by atoms with Crippen LogP contribution in [0.25, 0.3) is 0 Å². The largest absolute Gasteiger partial charge is 0.269 e. The molecule has 0 saturated heterocycles. The third kappa shape index (κ3) is 4.94. The Kier molecular flexibility index (Phi) is 3.60. The highest BCUT2D eigenvalue weighted by molar-refractivity contribution is 5.29. The molecule has 0 aliphatic rings. The van der Waals surface area contributed by atoms with Crippen LogP contribution in [0, 0.1) is 0 Å². The zero-order chi connectivity index (χ0) is 7.28. The fourth-order valence-electron chi connectivity index (χ4n) is 0.288. The summed E-state index contributed by atoms with van der Waals surface area (Å²) in [5.74, 6) is -0.224. The van der Waals surface area contributed by atoms with Crippen LogP contribution < -0.4 is 0 Å². The van der Waals surface area contributed by atoms with E-state index < -0.39 is 0 Å². The molecule has 0 aromatic heterocycles. The monoisotopic (exact) mass is 127 g/mol. The Bertz CT molecular complexity index is 152. The predicted molar refractivity (Wildman–Crippen MR) is 38.2 cm³/mol. The number of rotatable bonds is 2. The lowest BCUT2D eigenvalue weighted by Gasteiger charge is -1.83. The fraction of sp³-hybridized carbons (Fsp3) is 0.286. The van der Waals surface area contributed by atoms with Gasteiger partial charge in [0.1, 0.15) is 0 Å². The van der Waals surface area contributed by atoms with Crippen LogP contribution in [0.5, 0.6) is 0 Å². The first-order chi connectivity index (χ1) is 4.16. The molecule has 0 N–H and O–H groups in total. The van der Waals surface area contributed by atoms with Crippen LogP contribution in [-0.4, -0.2) is 6.72 Å². The molecule has 0 amide bonds. The van der Waals surface area contributed by atoms with E-state index in [-0.39, 0.29) is 5.83 Å². The summed E-state index contributed by atoms with van der Waals surface area (Å²) in [5.41, 5.74) is 0.715. The Morgan fingerprint density at radius 1 is 1.44 bits per heavy atom. The van der Waals surface area contributed by atoms with Gasteiger partial charge in [-0.05, 0) is 32.7 Å². The third-order valence-electron chi connectivity index (χ3n) is 0.804. The van der Waals surface area contributed by atoms with Crippen molar-refractivity contribution in [3.8, 4) is 0 Å². The Morgan fingerprint density at radius 2 is 2.00 bits per heavy atom. The second-order valence-corrected chi connectivity index (χ2v) is 1.72. The first-order valence-electron chi connectivity index (χ1n) is 2.64. The Labute approximate surface area is 54.6 Å². The molecule has 0 saturated carbocycles. The standard InChI is InChI=1S/C7H10FN/c1-6(8)4-5-7(2)9-3/h4-5H,3H2,1-2H3/b6-4+,7-5-. The summed E-state index contributed by atoms with van der Waals surface area (Å²) in [6.07, 6.45) is 2.92. The van der Waals surface area contributed by atoms with Crippen LogP contribution >= 0.6 is 0 Å². The fourth-order valence-corrected chi connectivity index (χ4v) is 0.288. The van der Waals surface area contributed by atoms with Crippen molar-refractivity contribution in [2.45, 2.75) is 13.8 Å². The SMILES string of the molecule is C=N/C(C)=C\C=C(/C)F. The number of halogens is 1. The van der Waals surface area contributed by atoms with Crippen LogP contribution in [0.2, 0.25) is 0 Å². The molecule has 0 aromatic rings. The molecule has 0 aliphatic heterocycles. The minimum atomic E-state index is -0.224. The molecular formula is C7H10FN. The Hall–Kier alpha value is -0.920. The molecule has 0 aliphatic carbocycles. The van der Waals surface area contributed by atoms with Gasteiger partial charge in [0.2, 0.25) is 0 Å². The van der Waals surface area contributed by atoms with Gasteiger partial charge in [0, 0.05) is 5.70 Å². The summed E-state index contributed by atoms with van der Waals surface area (Å²) < 4.78 is 12.0. The zero-order valence-corrected chi connectivity index (χ0v) is 5.69. The average molecular weight is 127 g/mol. The van der Waals surface area contributed by atoms with Gasteiger partial charge < -0.3 is 0 Å². The van der Waals surface area contributed by atoms with Gasteiger partial charge in [-0.15, -0.1) is 0 Å². The summed E-state index contributed by atoms with van der Waals surface area (Å²) in [5, 5.41) is 0. The van der Waals surface area contributed by atoms with E-state index in [1.54, 1.807) is 13.0 Å². The topological polar surface area (TPSA) is 12.4 Å². The Balaban J connectivity index is 3.98. The molecule has 2 heteroatoms. The molecule has 0 heterocycles. The molecule has 0 bridgehead atoms. The van der Waals surface area contributed by atoms with Crippen molar-refractivity contribution in [3.05, 3.63) is 23.7 Å². The molecule has 0 spiro atoms. The van der Waals surface area contributed by atoms with Crippen LogP contribution in [0.1, 0.15) is 13.8 Å². The lowest BCUT2D eigenvalue weighted by atomic mass is 10.4. The first kappa shape index (κ1) is 8.08. The molecule has 50 valence electrons. The minimum Gasteiger partial charge on any atom is -0.269 e. The maximum Gasteiger partial charge on any atom is 0.0969 e. The summed E-state index contributed by atoms with van der Waals surface area (Å²) in [6.45, 7) is 6.41. The van der Waals surface area contributed by atoms with E-state index in [0.717, 1.165) is 0 Å². The minimum absolute atomic E-state index is 0.224. The van der Waals surface area contributed by atoms with Gasteiger partial charge in [-0.2, -0.15) is 0 Å². The van der Waals surface area contributed by atoms with E-state index in [0.29, 0.717) is 5.70 Å². The summed E-state index contributed by atoms with van der Waals surface area (Å²) in [6, 6.07) is 0. The van der Waals surface area contributed by atoms with E-state index in [9.17, 15) is 4.39 Å². The quantitative estimate of drug-likeness (QED) is 0.399. The number of allylic oxidation sites excluding steroid dienone is 4. The molecule has 1 nitrogen and oxygen atoms in total. The van der Waals surface area contributed by atoms with E-state index in [1.807, 2.05) is 0 Å². The maximum absolute atomic E-state index is 12.0. The van der Waals surface area contributed by atoms with Crippen molar-refractivity contribution < 1.29 is 4.39 Å². The molecule has 0 aromatic carbocycles. The normalized spacial score (nSPS) is 13.7. The van der Waals surface area contributed by atoms with Gasteiger partial charge in [0.25, 0.3) is 0 Å². The molecule has 0 radical (unpaired) electrons. The van der Waals surface area contributed by atoms with Crippen molar-refractivity contribution in [1.82, 2.24) is 0 Å². The molecule has 0 unspecified atom stereocenters. The van der Waals surface area contributed by atoms with Crippen molar-refractivity contribution in [1.29, 1.82) is 0 Å². The van der Waals surface area contributed by atoms with Crippen molar-refractivity contribution in [2.24, 2.45) is 4.99 Å². The number of hydrogen-bond donors (Lipinski definition) is 0. The lowest BCUT2D eigenvalue weighted by molar-refractivity contribution is 0.640. The number of hydrogen-bond acceptors (Lipinski definition) is 1. The second-order valence-electron chi connectivity index (χ2n) is 1.72. The van der Waals surface area contributed by atoms with Crippen molar-refractivity contribution >= 4 is 6.72 Å². The van der Waals surface area contributed by atoms with E-state index in [1.165, 1.54) is 13.0 Å². The predicted octanol–water partition coefficient (Wildman–Crippen LogP) is 2.46. The Morgan fingerprint density at radius 3 is 2.33 bits per heavy atom. The zero-order valence-electron chi connectivity index (χ0n) is 5.69. The van der Waals surface area contributed by atoms with Crippen molar-refractivity contribution in [2.75, 3.05) is 0 Å². The summed E-state index contributed by atoms with van der Waals surface area (Å²) in [7, 11) is 0. The molecule has 0 rings (SSSR count). The summed E-state index contributed by atoms with van der Waals surface area (Å²) >= 11 is 0. The van der Waals surface area contributed by atoms with Crippen LogP contribution in [0.3, 0.4) is 0 Å². The van der Waals surface area contributed by atoms with Crippen LogP contribution in [0.4, 0.5) is 4.39 Å². The highest BCUT2D eigenvalue weighted by Gasteiger charge is 1.78. The lowest BCUT2D eigenvalue weighted by Crippen LogP contribution is -1.64. The first-order valence-corrected chi connectivity index (χ1v) is 2.64. The molecular weight excluding hydrogens is 117 g/mol. The van der Waals surface area contributed by atoms with Gasteiger partial charge in [-0.3, -0.25) is 4.99 Å². The van der Waals surface area contributed by atoms with Gasteiger partial charge in [-0.1, -0.05) is 0 Å². The molecule has 0 fully saturated rings. The van der Waals surface area contributed by atoms with Crippen LogP contribution in [-0.2, 0) is 0 Å². The van der Waals surface area contributed by atoms with Gasteiger partial charge in [0.05, 0.1) is 5.83 Å².